The van der Waals surface area contributed by atoms with Crippen LogP contribution in [-0.2, 0) is 0 Å². The largest absolute Gasteiger partial charge is 0.491 e. The van der Waals surface area contributed by atoms with E-state index in [0.717, 1.165) is 5.56 Å². The zero-order valence-corrected chi connectivity index (χ0v) is 12.3. The van der Waals surface area contributed by atoms with Crippen LogP contribution < -0.4 is 10.1 Å². The first-order chi connectivity index (χ1) is 10.6. The fourth-order valence-corrected chi connectivity index (χ4v) is 1.88. The van der Waals surface area contributed by atoms with Crippen molar-refractivity contribution in [1.82, 2.24) is 5.32 Å². The maximum Gasteiger partial charge on any atom is 0.251 e. The maximum atomic E-state index is 12.8. The Morgan fingerprint density at radius 1 is 1.23 bits per heavy atom. The van der Waals surface area contributed by atoms with Crippen molar-refractivity contribution >= 4 is 5.91 Å². The summed E-state index contributed by atoms with van der Waals surface area (Å²) in [6.07, 6.45) is -0.830. The normalized spacial score (nSPS) is 11.8. The van der Waals surface area contributed by atoms with Gasteiger partial charge in [-0.25, -0.2) is 4.39 Å². The van der Waals surface area contributed by atoms with E-state index in [2.05, 4.69) is 5.32 Å². The molecule has 0 radical (unpaired) electrons. The molecule has 0 fully saturated rings. The van der Waals surface area contributed by atoms with Crippen LogP contribution in [0.25, 0.3) is 0 Å². The summed E-state index contributed by atoms with van der Waals surface area (Å²) in [5, 5.41) is 12.4. The number of ether oxygens (including phenoxy) is 1. The first-order valence-corrected chi connectivity index (χ1v) is 6.96. The fraction of sp³-hybridized carbons (Fsp3) is 0.235. The van der Waals surface area contributed by atoms with Crippen LogP contribution in [0.1, 0.15) is 15.9 Å². The molecular weight excluding hydrogens is 285 g/mol. The van der Waals surface area contributed by atoms with Gasteiger partial charge in [-0.3, -0.25) is 4.79 Å². The number of carbonyl (C=O) groups is 1. The highest BCUT2D eigenvalue weighted by Crippen LogP contribution is 2.16. The number of aliphatic hydroxyl groups is 1. The highest BCUT2D eigenvalue weighted by atomic mass is 19.1. The average Bonchev–Trinajstić information content (AvgIpc) is 2.52. The minimum absolute atomic E-state index is 0.0576. The Morgan fingerprint density at radius 3 is 2.59 bits per heavy atom. The number of nitrogens with one attached hydrogen (secondary N) is 1. The minimum Gasteiger partial charge on any atom is -0.491 e. The highest BCUT2D eigenvalue weighted by Gasteiger charge is 2.10. The molecule has 22 heavy (non-hydrogen) atoms. The number of para-hydroxylation sites is 1. The van der Waals surface area contributed by atoms with Gasteiger partial charge in [-0.15, -0.1) is 0 Å². The van der Waals surface area contributed by atoms with E-state index in [4.69, 9.17) is 4.74 Å². The van der Waals surface area contributed by atoms with E-state index in [9.17, 15) is 14.3 Å². The lowest BCUT2D eigenvalue weighted by Crippen LogP contribution is -2.35. The molecule has 0 bridgehead atoms. The molecular formula is C17H18FNO3. The summed E-state index contributed by atoms with van der Waals surface area (Å²) in [5.74, 6) is -0.0652. The Balaban J connectivity index is 1.78. The highest BCUT2D eigenvalue weighted by molar-refractivity contribution is 5.94. The van der Waals surface area contributed by atoms with Crippen LogP contribution in [0, 0.1) is 12.7 Å². The first kappa shape index (κ1) is 16.0. The number of aryl methyl sites for hydroxylation is 1. The molecule has 2 rings (SSSR count). The summed E-state index contributed by atoms with van der Waals surface area (Å²) in [5.41, 5.74) is 1.32. The van der Waals surface area contributed by atoms with E-state index in [-0.39, 0.29) is 19.1 Å². The van der Waals surface area contributed by atoms with E-state index >= 15 is 0 Å². The van der Waals surface area contributed by atoms with E-state index in [0.29, 0.717) is 11.3 Å². The molecule has 0 saturated heterocycles. The topological polar surface area (TPSA) is 58.6 Å². The third-order valence-electron chi connectivity index (χ3n) is 3.13. The Bertz CT molecular complexity index is 628. The second-order valence-electron chi connectivity index (χ2n) is 4.95. The molecule has 5 heteroatoms. The summed E-state index contributed by atoms with van der Waals surface area (Å²) in [4.78, 5) is 11.8. The second kappa shape index (κ2) is 7.56. The summed E-state index contributed by atoms with van der Waals surface area (Å²) in [7, 11) is 0. The maximum absolute atomic E-state index is 12.8. The zero-order valence-electron chi connectivity index (χ0n) is 12.3. The van der Waals surface area contributed by atoms with Crippen molar-refractivity contribution in [2.75, 3.05) is 13.2 Å². The summed E-state index contributed by atoms with van der Waals surface area (Å²) in [6.45, 7) is 2.05. The van der Waals surface area contributed by atoms with Crippen LogP contribution in [-0.4, -0.2) is 30.3 Å². The lowest BCUT2D eigenvalue weighted by Gasteiger charge is -2.14. The van der Waals surface area contributed by atoms with Crippen LogP contribution >= 0.6 is 0 Å². The van der Waals surface area contributed by atoms with E-state index in [1.165, 1.54) is 24.3 Å². The molecule has 4 nitrogen and oxygen atoms in total. The van der Waals surface area contributed by atoms with Gasteiger partial charge in [0.05, 0.1) is 0 Å². The quantitative estimate of drug-likeness (QED) is 0.861. The number of aliphatic hydroxyl groups excluding tert-OH is 1. The van der Waals surface area contributed by atoms with Gasteiger partial charge in [0.15, 0.2) is 0 Å². The second-order valence-corrected chi connectivity index (χ2v) is 4.95. The van der Waals surface area contributed by atoms with Gasteiger partial charge in [0.1, 0.15) is 24.3 Å². The Hall–Kier alpha value is -2.40. The van der Waals surface area contributed by atoms with Crippen LogP contribution in [0.15, 0.2) is 48.5 Å². The molecule has 2 N–H and O–H groups in total. The van der Waals surface area contributed by atoms with Crippen LogP contribution in [0.2, 0.25) is 0 Å². The summed E-state index contributed by atoms with van der Waals surface area (Å²) in [6, 6.07) is 12.7. The molecule has 2 aromatic rings. The Labute approximate surface area is 128 Å². The van der Waals surface area contributed by atoms with Crippen molar-refractivity contribution in [1.29, 1.82) is 0 Å². The van der Waals surface area contributed by atoms with Crippen molar-refractivity contribution in [2.24, 2.45) is 0 Å². The molecule has 1 amide bonds. The molecule has 0 aliphatic heterocycles. The molecule has 1 unspecified atom stereocenters. The smallest absolute Gasteiger partial charge is 0.251 e. The average molecular weight is 303 g/mol. The summed E-state index contributed by atoms with van der Waals surface area (Å²) >= 11 is 0. The fourth-order valence-electron chi connectivity index (χ4n) is 1.88. The number of hydrogen-bond donors (Lipinski definition) is 2. The van der Waals surface area contributed by atoms with Gasteiger partial charge in [0.25, 0.3) is 5.91 Å². The van der Waals surface area contributed by atoms with Crippen molar-refractivity contribution in [3.05, 3.63) is 65.5 Å². The number of amides is 1. The molecule has 0 aliphatic carbocycles. The molecule has 0 saturated carbocycles. The standard InChI is InChI=1S/C17H18FNO3/c1-12-4-2-3-5-16(12)22-11-15(20)10-19-17(21)13-6-8-14(18)9-7-13/h2-9,15,20H,10-11H2,1H3,(H,19,21). The van der Waals surface area contributed by atoms with Gasteiger partial charge in [-0.05, 0) is 42.8 Å². The van der Waals surface area contributed by atoms with Crippen molar-refractivity contribution in [3.8, 4) is 5.75 Å². The van der Waals surface area contributed by atoms with Gasteiger partial charge in [-0.2, -0.15) is 0 Å². The minimum atomic E-state index is -0.830. The predicted octanol–water partition coefficient (Wildman–Crippen LogP) is 2.30. The molecule has 0 spiro atoms. The number of halogens is 1. The molecule has 1 atom stereocenters. The first-order valence-electron chi connectivity index (χ1n) is 6.96. The SMILES string of the molecule is Cc1ccccc1OCC(O)CNC(=O)c1ccc(F)cc1. The van der Waals surface area contributed by atoms with Gasteiger partial charge in [-0.1, -0.05) is 18.2 Å². The van der Waals surface area contributed by atoms with Crippen molar-refractivity contribution in [3.63, 3.8) is 0 Å². The molecule has 2 aromatic carbocycles. The van der Waals surface area contributed by atoms with Crippen LogP contribution in [0.4, 0.5) is 4.39 Å². The number of benzene rings is 2. The molecule has 0 aliphatic rings. The molecule has 0 aromatic heterocycles. The zero-order chi connectivity index (χ0) is 15.9. The number of hydrogen-bond acceptors (Lipinski definition) is 3. The molecule has 116 valence electrons. The van der Waals surface area contributed by atoms with Crippen molar-refractivity contribution < 1.29 is 19.0 Å². The van der Waals surface area contributed by atoms with Gasteiger partial charge in [0.2, 0.25) is 0 Å². The van der Waals surface area contributed by atoms with Crippen molar-refractivity contribution in [2.45, 2.75) is 13.0 Å². The van der Waals surface area contributed by atoms with Gasteiger partial charge in [0, 0.05) is 12.1 Å². The lowest BCUT2D eigenvalue weighted by molar-refractivity contribution is 0.0842. The predicted molar refractivity (Wildman–Crippen MR) is 81.4 cm³/mol. The monoisotopic (exact) mass is 303 g/mol. The van der Waals surface area contributed by atoms with E-state index in [1.807, 2.05) is 31.2 Å². The van der Waals surface area contributed by atoms with E-state index < -0.39 is 11.9 Å². The molecule has 0 heterocycles. The van der Waals surface area contributed by atoms with Crippen LogP contribution in [0.3, 0.4) is 0 Å². The Kier molecular flexibility index (Phi) is 5.49. The number of carbonyl (C=O) groups excluding carboxylic acids is 1. The van der Waals surface area contributed by atoms with E-state index in [1.54, 1.807) is 0 Å². The summed E-state index contributed by atoms with van der Waals surface area (Å²) < 4.78 is 18.3. The Morgan fingerprint density at radius 2 is 1.91 bits per heavy atom. The van der Waals surface area contributed by atoms with Crippen LogP contribution in [0.5, 0.6) is 5.75 Å². The number of rotatable bonds is 6. The third kappa shape index (κ3) is 4.56. The third-order valence-corrected chi connectivity index (χ3v) is 3.13. The van der Waals surface area contributed by atoms with Gasteiger partial charge >= 0.3 is 0 Å². The lowest BCUT2D eigenvalue weighted by atomic mass is 10.2. The van der Waals surface area contributed by atoms with Gasteiger partial charge < -0.3 is 15.2 Å².